The molecular formula is C21H32N2O2. The van der Waals surface area contributed by atoms with E-state index in [-0.39, 0.29) is 12.5 Å². The summed E-state index contributed by atoms with van der Waals surface area (Å²) >= 11 is 0. The van der Waals surface area contributed by atoms with E-state index in [0.29, 0.717) is 19.7 Å². The van der Waals surface area contributed by atoms with Crippen LogP contribution < -0.4 is 0 Å². The van der Waals surface area contributed by atoms with Crippen LogP contribution in [0.2, 0.25) is 0 Å². The van der Waals surface area contributed by atoms with Gasteiger partial charge in [-0.15, -0.1) is 0 Å². The standard InChI is InChI=1S/C18H24N2O2.C3H8/c1-4-6-7-10-16(3)13-20(15-18(21)22-5-2)14-17-11-8-9-12-19-17;1-3-2/h4,6-12H,1,5,13-15H2,2-3H3;3H2,1-2H3/b7-6-,16-10+;. The second-order valence-electron chi connectivity index (χ2n) is 5.61. The van der Waals surface area contributed by atoms with Crippen molar-refractivity contribution in [2.45, 2.75) is 40.7 Å². The van der Waals surface area contributed by atoms with Crippen LogP contribution in [0.15, 0.2) is 60.9 Å². The molecule has 0 amide bonds. The first kappa shape index (κ1) is 22.8. The zero-order valence-corrected chi connectivity index (χ0v) is 16.1. The zero-order chi connectivity index (χ0) is 18.9. The molecule has 4 heteroatoms. The maximum atomic E-state index is 11.8. The Hall–Kier alpha value is -2.20. The Labute approximate surface area is 152 Å². The van der Waals surface area contributed by atoms with Gasteiger partial charge in [0.2, 0.25) is 0 Å². The maximum Gasteiger partial charge on any atom is 0.320 e. The summed E-state index contributed by atoms with van der Waals surface area (Å²) in [7, 11) is 0. The fourth-order valence-electron chi connectivity index (χ4n) is 1.98. The number of carbonyl (C=O) groups is 1. The maximum absolute atomic E-state index is 11.8. The van der Waals surface area contributed by atoms with Crippen LogP contribution >= 0.6 is 0 Å². The third-order valence-electron chi connectivity index (χ3n) is 2.87. The summed E-state index contributed by atoms with van der Waals surface area (Å²) in [5.41, 5.74) is 2.08. The smallest absolute Gasteiger partial charge is 0.320 e. The number of rotatable bonds is 9. The van der Waals surface area contributed by atoms with Gasteiger partial charge in [0.25, 0.3) is 0 Å². The predicted octanol–water partition coefficient (Wildman–Crippen LogP) is 4.55. The molecule has 0 aliphatic rings. The Morgan fingerprint density at radius 1 is 1.24 bits per heavy atom. The van der Waals surface area contributed by atoms with Crippen molar-refractivity contribution in [1.29, 1.82) is 0 Å². The number of allylic oxidation sites excluding steroid dienone is 4. The quantitative estimate of drug-likeness (QED) is 0.487. The van der Waals surface area contributed by atoms with Crippen molar-refractivity contribution in [3.63, 3.8) is 0 Å². The molecule has 0 spiro atoms. The first-order chi connectivity index (χ1) is 12.1. The Morgan fingerprint density at radius 3 is 2.52 bits per heavy atom. The fourth-order valence-corrected chi connectivity index (χ4v) is 1.98. The number of hydrogen-bond acceptors (Lipinski definition) is 4. The van der Waals surface area contributed by atoms with Crippen LogP contribution in [0.1, 0.15) is 39.8 Å². The van der Waals surface area contributed by atoms with E-state index < -0.39 is 0 Å². The SMILES string of the molecule is C=C/C=C\C=C(/C)CN(CC(=O)OCC)Cc1ccccn1.CCC. The molecule has 1 rings (SSSR count). The molecule has 0 bridgehead atoms. The molecule has 1 aromatic rings. The molecule has 25 heavy (non-hydrogen) atoms. The molecule has 1 heterocycles. The number of ether oxygens (including phenoxy) is 1. The van der Waals surface area contributed by atoms with E-state index in [0.717, 1.165) is 11.3 Å². The van der Waals surface area contributed by atoms with Crippen LogP contribution in [0.5, 0.6) is 0 Å². The molecule has 0 radical (unpaired) electrons. The van der Waals surface area contributed by atoms with Crippen LogP contribution in [0.3, 0.4) is 0 Å². The van der Waals surface area contributed by atoms with Crippen molar-refractivity contribution in [3.8, 4) is 0 Å². The van der Waals surface area contributed by atoms with Gasteiger partial charge in [-0.05, 0) is 26.0 Å². The van der Waals surface area contributed by atoms with E-state index in [2.05, 4.69) is 25.4 Å². The number of hydrogen-bond donors (Lipinski definition) is 0. The lowest BCUT2D eigenvalue weighted by Crippen LogP contribution is -2.32. The van der Waals surface area contributed by atoms with Crippen LogP contribution in [0.4, 0.5) is 0 Å². The van der Waals surface area contributed by atoms with Gasteiger partial charge < -0.3 is 4.74 Å². The van der Waals surface area contributed by atoms with Crippen molar-refractivity contribution in [1.82, 2.24) is 9.88 Å². The van der Waals surface area contributed by atoms with E-state index >= 15 is 0 Å². The highest BCUT2D eigenvalue weighted by Crippen LogP contribution is 2.06. The second kappa shape index (κ2) is 15.3. The zero-order valence-electron chi connectivity index (χ0n) is 16.1. The van der Waals surface area contributed by atoms with E-state index in [4.69, 9.17) is 4.74 Å². The summed E-state index contributed by atoms with van der Waals surface area (Å²) in [4.78, 5) is 18.1. The third kappa shape index (κ3) is 12.8. The highest BCUT2D eigenvalue weighted by atomic mass is 16.5. The Kier molecular flexibility index (Phi) is 14.0. The summed E-state index contributed by atoms with van der Waals surface area (Å²) in [6.45, 7) is 13.7. The van der Waals surface area contributed by atoms with Gasteiger partial charge in [-0.3, -0.25) is 14.7 Å². The van der Waals surface area contributed by atoms with E-state index in [1.807, 2.05) is 55.2 Å². The Morgan fingerprint density at radius 2 is 1.96 bits per heavy atom. The minimum atomic E-state index is -0.215. The molecule has 4 nitrogen and oxygen atoms in total. The summed E-state index contributed by atoms with van der Waals surface area (Å²) < 4.78 is 5.04. The molecule has 0 N–H and O–H groups in total. The summed E-state index contributed by atoms with van der Waals surface area (Å²) in [5.74, 6) is -0.215. The average Bonchev–Trinajstić information content (AvgIpc) is 2.57. The van der Waals surface area contributed by atoms with E-state index in [1.165, 1.54) is 6.42 Å². The van der Waals surface area contributed by atoms with Gasteiger partial charge in [0, 0.05) is 19.3 Å². The first-order valence-corrected chi connectivity index (χ1v) is 8.79. The molecule has 0 saturated carbocycles. The molecular weight excluding hydrogens is 312 g/mol. The van der Waals surface area contributed by atoms with Crippen LogP contribution in [-0.2, 0) is 16.1 Å². The lowest BCUT2D eigenvalue weighted by atomic mass is 10.2. The highest BCUT2D eigenvalue weighted by Gasteiger charge is 2.13. The normalized spacial score (nSPS) is 11.2. The highest BCUT2D eigenvalue weighted by molar-refractivity contribution is 5.71. The molecule has 0 atom stereocenters. The van der Waals surface area contributed by atoms with Crippen molar-refractivity contribution >= 4 is 5.97 Å². The van der Waals surface area contributed by atoms with E-state index in [1.54, 1.807) is 12.3 Å². The summed E-state index contributed by atoms with van der Waals surface area (Å²) in [5, 5.41) is 0. The minimum absolute atomic E-state index is 0.215. The molecule has 0 aliphatic carbocycles. The molecule has 0 aliphatic heterocycles. The minimum Gasteiger partial charge on any atom is -0.465 e. The van der Waals surface area contributed by atoms with Gasteiger partial charge in [-0.1, -0.05) is 62.8 Å². The van der Waals surface area contributed by atoms with Crippen molar-refractivity contribution in [3.05, 3.63) is 66.5 Å². The number of esters is 1. The van der Waals surface area contributed by atoms with Gasteiger partial charge >= 0.3 is 5.97 Å². The Balaban J connectivity index is 0.00000178. The lowest BCUT2D eigenvalue weighted by Gasteiger charge is -2.21. The van der Waals surface area contributed by atoms with Crippen LogP contribution in [-0.4, -0.2) is 35.5 Å². The van der Waals surface area contributed by atoms with Gasteiger partial charge in [0.05, 0.1) is 18.8 Å². The van der Waals surface area contributed by atoms with Crippen molar-refractivity contribution in [2.24, 2.45) is 0 Å². The number of nitrogens with zero attached hydrogens (tertiary/aromatic N) is 2. The van der Waals surface area contributed by atoms with Gasteiger partial charge in [0.1, 0.15) is 0 Å². The number of carbonyl (C=O) groups excluding carboxylic acids is 1. The average molecular weight is 344 g/mol. The fraction of sp³-hybridized carbons (Fsp3) is 0.429. The molecule has 0 unspecified atom stereocenters. The molecule has 0 fully saturated rings. The van der Waals surface area contributed by atoms with Crippen molar-refractivity contribution < 1.29 is 9.53 Å². The second-order valence-corrected chi connectivity index (χ2v) is 5.61. The number of aromatic nitrogens is 1. The monoisotopic (exact) mass is 344 g/mol. The van der Waals surface area contributed by atoms with Gasteiger partial charge in [-0.25, -0.2) is 0 Å². The molecule has 0 aromatic carbocycles. The van der Waals surface area contributed by atoms with E-state index in [9.17, 15) is 4.79 Å². The molecule has 0 saturated heterocycles. The largest absolute Gasteiger partial charge is 0.465 e. The summed E-state index contributed by atoms with van der Waals surface area (Å²) in [6.07, 6.45) is 10.6. The lowest BCUT2D eigenvalue weighted by molar-refractivity contribution is -0.144. The molecule has 138 valence electrons. The van der Waals surface area contributed by atoms with Crippen LogP contribution in [0.25, 0.3) is 0 Å². The number of pyridine rings is 1. The van der Waals surface area contributed by atoms with Gasteiger partial charge in [-0.2, -0.15) is 0 Å². The third-order valence-corrected chi connectivity index (χ3v) is 2.87. The van der Waals surface area contributed by atoms with Crippen LogP contribution in [0, 0.1) is 0 Å². The summed E-state index contributed by atoms with van der Waals surface area (Å²) in [6, 6.07) is 5.78. The first-order valence-electron chi connectivity index (χ1n) is 8.79. The Bertz CT molecular complexity index is 536. The molecule has 1 aromatic heterocycles. The predicted molar refractivity (Wildman–Crippen MR) is 105 cm³/mol. The topological polar surface area (TPSA) is 42.4 Å². The van der Waals surface area contributed by atoms with Gasteiger partial charge in [0.15, 0.2) is 0 Å². The van der Waals surface area contributed by atoms with Crippen molar-refractivity contribution in [2.75, 3.05) is 19.7 Å².